The second kappa shape index (κ2) is 13.5. The van der Waals surface area contributed by atoms with Gasteiger partial charge in [0.25, 0.3) is 5.91 Å². The Bertz CT molecular complexity index is 1470. The molecule has 2 amide bonds. The molecule has 0 aromatic heterocycles. The number of anilines is 1. The average molecular weight is 583 g/mol. The Labute approximate surface area is 240 Å². The van der Waals surface area contributed by atoms with Crippen molar-refractivity contribution in [1.29, 1.82) is 0 Å². The first-order valence-corrected chi connectivity index (χ1v) is 13.6. The second-order valence-corrected chi connectivity index (χ2v) is 10.1. The number of carbonyl (C=O) groups is 3. The molecule has 1 atom stereocenters. The molecule has 3 aromatic carbocycles. The van der Waals surface area contributed by atoms with E-state index in [1.807, 2.05) is 12.1 Å². The minimum Gasteiger partial charge on any atom is -0.481 e. The Hall–Kier alpha value is -4.47. The van der Waals surface area contributed by atoms with Crippen LogP contribution in [0.15, 0.2) is 72.8 Å². The second-order valence-electron chi connectivity index (χ2n) is 10.1. The van der Waals surface area contributed by atoms with Crippen molar-refractivity contribution in [2.75, 3.05) is 11.9 Å². The molecule has 0 bridgehead atoms. The van der Waals surface area contributed by atoms with Gasteiger partial charge in [-0.1, -0.05) is 42.5 Å². The lowest BCUT2D eigenvalue weighted by Crippen LogP contribution is -2.26. The van der Waals surface area contributed by atoms with Crippen LogP contribution in [0.5, 0.6) is 0 Å². The molecule has 0 aliphatic heterocycles. The van der Waals surface area contributed by atoms with Gasteiger partial charge < -0.3 is 15.7 Å². The van der Waals surface area contributed by atoms with Gasteiger partial charge in [-0.25, -0.2) is 4.39 Å². The van der Waals surface area contributed by atoms with Crippen molar-refractivity contribution in [2.24, 2.45) is 0 Å². The van der Waals surface area contributed by atoms with Crippen LogP contribution in [0.2, 0.25) is 0 Å². The molecule has 0 saturated carbocycles. The highest BCUT2D eigenvalue weighted by atomic mass is 19.4. The Morgan fingerprint density at radius 1 is 0.929 bits per heavy atom. The number of rotatable bonds is 10. The fraction of sp³-hybridized carbons (Fsp3) is 0.281. The number of hydrogen-bond donors (Lipinski definition) is 3. The standard InChI is InChI=1S/C32H30F4N2O4/c33-27-15-14-25(32(34,35)36)19-28(27)38-31(42)26(23-12-10-22(11-13-23)21-4-2-1-3-5-21)18-20-6-8-24(9-7-20)30(41)37-17-16-29(39)40/h4,6-15,19,26H,1-3,5,16-18H2,(H,37,41)(H,38,42)(H,39,40). The molecular formula is C32H30F4N2O4. The zero-order valence-electron chi connectivity index (χ0n) is 22.6. The lowest BCUT2D eigenvalue weighted by molar-refractivity contribution is -0.138. The third kappa shape index (κ3) is 8.05. The average Bonchev–Trinajstić information content (AvgIpc) is 2.97. The minimum absolute atomic E-state index is 0.0306. The number of amides is 2. The van der Waals surface area contributed by atoms with Crippen molar-refractivity contribution in [2.45, 2.75) is 50.6 Å². The third-order valence-corrected chi connectivity index (χ3v) is 7.12. The number of aliphatic carboxylic acids is 1. The van der Waals surface area contributed by atoms with Gasteiger partial charge in [-0.2, -0.15) is 13.2 Å². The molecule has 6 nitrogen and oxygen atoms in total. The molecule has 0 radical (unpaired) electrons. The van der Waals surface area contributed by atoms with E-state index < -0.39 is 46.9 Å². The van der Waals surface area contributed by atoms with Crippen LogP contribution in [0.25, 0.3) is 5.57 Å². The normalized spacial score (nSPS) is 14.0. The van der Waals surface area contributed by atoms with Crippen LogP contribution in [0, 0.1) is 5.82 Å². The lowest BCUT2D eigenvalue weighted by atomic mass is 9.88. The quantitative estimate of drug-likeness (QED) is 0.225. The summed E-state index contributed by atoms with van der Waals surface area (Å²) >= 11 is 0. The van der Waals surface area contributed by atoms with Crippen molar-refractivity contribution in [1.82, 2.24) is 5.32 Å². The number of nitrogens with one attached hydrogen (secondary N) is 2. The minimum atomic E-state index is -4.71. The lowest BCUT2D eigenvalue weighted by Gasteiger charge is -2.20. The van der Waals surface area contributed by atoms with E-state index in [-0.39, 0.29) is 19.4 Å². The number of carboxylic acid groups (broad SMARTS) is 1. The molecule has 3 aromatic rings. The van der Waals surface area contributed by atoms with Crippen LogP contribution in [0.3, 0.4) is 0 Å². The Morgan fingerprint density at radius 3 is 2.26 bits per heavy atom. The number of carbonyl (C=O) groups excluding carboxylic acids is 2. The van der Waals surface area contributed by atoms with E-state index in [0.29, 0.717) is 34.9 Å². The molecule has 0 saturated heterocycles. The molecule has 1 aliphatic rings. The van der Waals surface area contributed by atoms with Gasteiger partial charge in [0.2, 0.25) is 5.91 Å². The van der Waals surface area contributed by atoms with Crippen LogP contribution in [-0.2, 0) is 22.2 Å². The molecule has 10 heteroatoms. The van der Waals surface area contributed by atoms with Gasteiger partial charge in [-0.15, -0.1) is 0 Å². The monoisotopic (exact) mass is 582 g/mol. The number of carboxylic acids is 1. The fourth-order valence-electron chi connectivity index (χ4n) is 4.82. The van der Waals surface area contributed by atoms with Crippen LogP contribution in [-0.4, -0.2) is 29.4 Å². The number of hydrogen-bond acceptors (Lipinski definition) is 3. The van der Waals surface area contributed by atoms with Gasteiger partial charge in [-0.3, -0.25) is 14.4 Å². The van der Waals surface area contributed by atoms with E-state index in [0.717, 1.165) is 31.2 Å². The maximum atomic E-state index is 14.5. The van der Waals surface area contributed by atoms with Crippen LogP contribution >= 0.6 is 0 Å². The molecule has 3 N–H and O–H groups in total. The van der Waals surface area contributed by atoms with E-state index in [4.69, 9.17) is 5.11 Å². The van der Waals surface area contributed by atoms with Crippen molar-refractivity contribution in [3.63, 3.8) is 0 Å². The van der Waals surface area contributed by atoms with Gasteiger partial charge >= 0.3 is 12.1 Å². The Balaban J connectivity index is 1.58. The Morgan fingerprint density at radius 2 is 1.64 bits per heavy atom. The highest BCUT2D eigenvalue weighted by molar-refractivity contribution is 5.96. The molecular weight excluding hydrogens is 552 g/mol. The van der Waals surface area contributed by atoms with Crippen molar-refractivity contribution < 1.29 is 37.1 Å². The fourth-order valence-corrected chi connectivity index (χ4v) is 4.82. The predicted molar refractivity (Wildman–Crippen MR) is 150 cm³/mol. The van der Waals surface area contributed by atoms with Crippen molar-refractivity contribution >= 4 is 29.0 Å². The first kappa shape index (κ1) is 30.5. The zero-order valence-corrected chi connectivity index (χ0v) is 22.6. The third-order valence-electron chi connectivity index (χ3n) is 7.12. The smallest absolute Gasteiger partial charge is 0.416 e. The topological polar surface area (TPSA) is 95.5 Å². The number of benzene rings is 3. The summed E-state index contributed by atoms with van der Waals surface area (Å²) in [6.45, 7) is -0.0306. The van der Waals surface area contributed by atoms with Crippen LogP contribution in [0.4, 0.5) is 23.2 Å². The summed E-state index contributed by atoms with van der Waals surface area (Å²) in [4.78, 5) is 36.5. The van der Waals surface area contributed by atoms with E-state index in [9.17, 15) is 31.9 Å². The van der Waals surface area contributed by atoms with E-state index in [2.05, 4.69) is 16.7 Å². The van der Waals surface area contributed by atoms with Gasteiger partial charge in [0.1, 0.15) is 5.82 Å². The summed E-state index contributed by atoms with van der Waals surface area (Å²) in [7, 11) is 0. The van der Waals surface area contributed by atoms with E-state index >= 15 is 0 Å². The molecule has 0 spiro atoms. The summed E-state index contributed by atoms with van der Waals surface area (Å²) in [6.07, 6.45) is 1.56. The largest absolute Gasteiger partial charge is 0.481 e. The van der Waals surface area contributed by atoms with E-state index in [1.54, 1.807) is 24.3 Å². The first-order chi connectivity index (χ1) is 20.0. The highest BCUT2D eigenvalue weighted by Gasteiger charge is 2.32. The summed E-state index contributed by atoms with van der Waals surface area (Å²) in [6, 6.07) is 15.6. The molecule has 4 rings (SSSR count). The van der Waals surface area contributed by atoms with Gasteiger partial charge in [-0.05, 0) is 84.7 Å². The molecule has 0 fully saturated rings. The Kier molecular flexibility index (Phi) is 9.77. The summed E-state index contributed by atoms with van der Waals surface area (Å²) < 4.78 is 54.2. The summed E-state index contributed by atoms with van der Waals surface area (Å²) in [5.41, 5.74) is 2.13. The van der Waals surface area contributed by atoms with Crippen molar-refractivity contribution in [3.8, 4) is 0 Å². The van der Waals surface area contributed by atoms with Gasteiger partial charge in [0.15, 0.2) is 0 Å². The van der Waals surface area contributed by atoms with Crippen LogP contribution < -0.4 is 10.6 Å². The van der Waals surface area contributed by atoms with E-state index in [1.165, 1.54) is 17.7 Å². The zero-order chi connectivity index (χ0) is 30.3. The van der Waals surface area contributed by atoms with Crippen molar-refractivity contribution in [3.05, 3.63) is 106 Å². The molecule has 42 heavy (non-hydrogen) atoms. The van der Waals surface area contributed by atoms with Gasteiger partial charge in [0.05, 0.1) is 23.6 Å². The highest BCUT2D eigenvalue weighted by Crippen LogP contribution is 2.33. The molecule has 1 unspecified atom stereocenters. The molecule has 1 aliphatic carbocycles. The molecule has 220 valence electrons. The van der Waals surface area contributed by atoms with Gasteiger partial charge in [0, 0.05) is 12.1 Å². The maximum Gasteiger partial charge on any atom is 0.416 e. The summed E-state index contributed by atoms with van der Waals surface area (Å²) in [5, 5.41) is 13.6. The SMILES string of the molecule is O=C(O)CCNC(=O)c1ccc(CC(C(=O)Nc2cc(C(F)(F)F)ccc2F)c2ccc(C3=CCCCC3)cc2)cc1. The number of alkyl halides is 3. The number of halogens is 4. The predicted octanol–water partition coefficient (Wildman–Crippen LogP) is 6.97. The number of allylic oxidation sites excluding steroid dienone is 2. The first-order valence-electron chi connectivity index (χ1n) is 13.6. The summed E-state index contributed by atoms with van der Waals surface area (Å²) in [5.74, 6) is -4.06. The molecule has 0 heterocycles. The maximum absolute atomic E-state index is 14.5. The van der Waals surface area contributed by atoms with Crippen LogP contribution in [0.1, 0.15) is 70.6 Å².